The van der Waals surface area contributed by atoms with Crippen molar-refractivity contribution < 1.29 is 18.7 Å². The maximum absolute atomic E-state index is 12.5. The van der Waals surface area contributed by atoms with E-state index in [0.717, 1.165) is 31.2 Å². The number of esters is 1. The lowest BCUT2D eigenvalue weighted by atomic mass is 9.98. The van der Waals surface area contributed by atoms with Gasteiger partial charge in [-0.2, -0.15) is 0 Å². The number of furan rings is 1. The zero-order valence-electron chi connectivity index (χ0n) is 11.8. The van der Waals surface area contributed by atoms with Gasteiger partial charge in [0.25, 0.3) is 0 Å². The smallest absolute Gasteiger partial charge is 0.338 e. The highest BCUT2D eigenvalue weighted by Gasteiger charge is 2.34. The first kappa shape index (κ1) is 13.7. The minimum atomic E-state index is -0.536. The lowest BCUT2D eigenvalue weighted by Crippen LogP contribution is -2.45. The molecule has 1 saturated carbocycles. The van der Waals surface area contributed by atoms with Crippen LogP contribution in [0.5, 0.6) is 0 Å². The number of urea groups is 1. The van der Waals surface area contributed by atoms with Crippen LogP contribution in [0.1, 0.15) is 44.2 Å². The van der Waals surface area contributed by atoms with Crippen molar-refractivity contribution in [3.8, 4) is 0 Å². The van der Waals surface area contributed by atoms with Crippen LogP contribution in [-0.2, 0) is 9.53 Å². The van der Waals surface area contributed by atoms with Gasteiger partial charge in [-0.15, -0.1) is 0 Å². The molecule has 1 fully saturated rings. The molecule has 2 aliphatic rings. The molecule has 1 aliphatic heterocycles. The summed E-state index contributed by atoms with van der Waals surface area (Å²) in [4.78, 5) is 24.1. The summed E-state index contributed by atoms with van der Waals surface area (Å²) in [7, 11) is 0. The molecule has 0 radical (unpaired) electrons. The fourth-order valence-corrected chi connectivity index (χ4v) is 2.87. The normalized spacial score (nSPS) is 22.9. The number of carbonyl (C=O) groups excluding carboxylic acids is 2. The lowest BCUT2D eigenvalue weighted by molar-refractivity contribution is -0.144. The molecule has 21 heavy (non-hydrogen) atoms. The molecule has 3 rings (SSSR count). The lowest BCUT2D eigenvalue weighted by Gasteiger charge is -2.27. The highest BCUT2D eigenvalue weighted by molar-refractivity contribution is 5.95. The van der Waals surface area contributed by atoms with E-state index < -0.39 is 6.04 Å². The summed E-state index contributed by atoms with van der Waals surface area (Å²) in [5, 5.41) is 5.36. The fourth-order valence-electron chi connectivity index (χ4n) is 2.87. The number of ether oxygens (including phenoxy) is 1. The average Bonchev–Trinajstić information content (AvgIpc) is 3.10. The first-order chi connectivity index (χ1) is 10.1. The summed E-state index contributed by atoms with van der Waals surface area (Å²) < 4.78 is 10.6. The van der Waals surface area contributed by atoms with E-state index >= 15 is 0 Å². The summed E-state index contributed by atoms with van der Waals surface area (Å²) in [6.45, 7) is 1.71. The fraction of sp³-hybridized carbons (Fsp3) is 0.467. The van der Waals surface area contributed by atoms with Gasteiger partial charge in [-0.25, -0.2) is 9.59 Å². The van der Waals surface area contributed by atoms with Crippen molar-refractivity contribution in [3.63, 3.8) is 0 Å². The van der Waals surface area contributed by atoms with Crippen LogP contribution in [-0.4, -0.2) is 18.1 Å². The van der Waals surface area contributed by atoms with Crippen molar-refractivity contribution >= 4 is 12.0 Å². The van der Waals surface area contributed by atoms with E-state index in [-0.39, 0.29) is 18.1 Å². The molecule has 2 N–H and O–H groups in total. The Balaban J connectivity index is 1.85. The van der Waals surface area contributed by atoms with E-state index in [0.29, 0.717) is 11.3 Å². The van der Waals surface area contributed by atoms with Gasteiger partial charge in [0.15, 0.2) is 0 Å². The van der Waals surface area contributed by atoms with Crippen molar-refractivity contribution in [1.29, 1.82) is 0 Å². The number of nitrogens with one attached hydrogen (secondary N) is 2. The Bertz CT molecular complexity index is 571. The molecule has 0 saturated heterocycles. The molecule has 2 amide bonds. The number of amides is 2. The van der Waals surface area contributed by atoms with Gasteiger partial charge in [0.1, 0.15) is 6.10 Å². The molecule has 6 heteroatoms. The summed E-state index contributed by atoms with van der Waals surface area (Å²) >= 11 is 0. The number of carbonyl (C=O) groups is 2. The van der Waals surface area contributed by atoms with E-state index in [1.165, 1.54) is 12.5 Å². The molecular weight excluding hydrogens is 272 g/mol. The number of rotatable bonds is 3. The Morgan fingerprint density at radius 3 is 2.81 bits per heavy atom. The molecule has 1 aromatic rings. The van der Waals surface area contributed by atoms with Crippen LogP contribution in [0.15, 0.2) is 34.3 Å². The second-order valence-corrected chi connectivity index (χ2v) is 5.44. The summed E-state index contributed by atoms with van der Waals surface area (Å²) in [6.07, 6.45) is 7.03. The molecule has 1 aliphatic carbocycles. The van der Waals surface area contributed by atoms with Gasteiger partial charge >= 0.3 is 12.0 Å². The van der Waals surface area contributed by atoms with Crippen LogP contribution in [0.3, 0.4) is 0 Å². The van der Waals surface area contributed by atoms with E-state index in [1.54, 1.807) is 13.0 Å². The van der Waals surface area contributed by atoms with Gasteiger partial charge in [-0.3, -0.25) is 0 Å². The van der Waals surface area contributed by atoms with E-state index in [4.69, 9.17) is 9.15 Å². The molecule has 2 heterocycles. The van der Waals surface area contributed by atoms with Crippen molar-refractivity contribution in [2.75, 3.05) is 0 Å². The van der Waals surface area contributed by atoms with E-state index in [2.05, 4.69) is 10.6 Å². The molecule has 1 aromatic heterocycles. The van der Waals surface area contributed by atoms with Gasteiger partial charge in [-0.1, -0.05) is 0 Å². The Morgan fingerprint density at radius 1 is 1.38 bits per heavy atom. The Kier molecular flexibility index (Phi) is 3.68. The third-order valence-corrected chi connectivity index (χ3v) is 3.94. The standard InChI is InChI=1S/C15H18N2O4/c1-9-12(14(18)21-11-4-2-3-5-11)13(17-15(19)16-9)10-6-7-20-8-10/h6-8,11,13H,2-5H2,1H3,(H2,16,17,19). The SMILES string of the molecule is CC1=C(C(=O)OC2CCCC2)C(c2ccoc2)NC(=O)N1. The van der Waals surface area contributed by atoms with Crippen LogP contribution in [0, 0.1) is 0 Å². The predicted molar refractivity (Wildman–Crippen MR) is 74.2 cm³/mol. The minimum absolute atomic E-state index is 0.0135. The minimum Gasteiger partial charge on any atom is -0.472 e. The third-order valence-electron chi connectivity index (χ3n) is 3.94. The maximum Gasteiger partial charge on any atom is 0.338 e. The van der Waals surface area contributed by atoms with Crippen LogP contribution in [0.2, 0.25) is 0 Å². The third kappa shape index (κ3) is 2.79. The Morgan fingerprint density at radius 2 is 2.14 bits per heavy atom. The van der Waals surface area contributed by atoms with Crippen LogP contribution >= 0.6 is 0 Å². The quantitative estimate of drug-likeness (QED) is 0.838. The highest BCUT2D eigenvalue weighted by atomic mass is 16.5. The first-order valence-corrected chi connectivity index (χ1v) is 7.16. The van der Waals surface area contributed by atoms with Gasteiger partial charge in [-0.05, 0) is 38.7 Å². The zero-order chi connectivity index (χ0) is 14.8. The molecule has 1 unspecified atom stereocenters. The molecule has 0 aromatic carbocycles. The molecule has 6 nitrogen and oxygen atoms in total. The molecule has 0 spiro atoms. The van der Waals surface area contributed by atoms with Crippen molar-refractivity contribution in [2.45, 2.75) is 44.8 Å². The number of hydrogen-bond donors (Lipinski definition) is 2. The predicted octanol–water partition coefficient (Wildman–Crippen LogP) is 2.39. The van der Waals surface area contributed by atoms with E-state index in [1.807, 2.05) is 0 Å². The van der Waals surface area contributed by atoms with Crippen LogP contribution < -0.4 is 10.6 Å². The van der Waals surface area contributed by atoms with Crippen molar-refractivity contribution in [1.82, 2.24) is 10.6 Å². The van der Waals surface area contributed by atoms with Crippen molar-refractivity contribution in [3.05, 3.63) is 35.4 Å². The second-order valence-electron chi connectivity index (χ2n) is 5.44. The number of allylic oxidation sites excluding steroid dienone is 1. The summed E-state index contributed by atoms with van der Waals surface area (Å²) in [5.41, 5.74) is 1.68. The van der Waals surface area contributed by atoms with E-state index in [9.17, 15) is 9.59 Å². The summed E-state index contributed by atoms with van der Waals surface area (Å²) in [5.74, 6) is -0.377. The zero-order valence-corrected chi connectivity index (χ0v) is 11.8. The maximum atomic E-state index is 12.5. The van der Waals surface area contributed by atoms with Gasteiger partial charge in [0.05, 0.1) is 24.1 Å². The summed E-state index contributed by atoms with van der Waals surface area (Å²) in [6, 6.07) is 0.856. The topological polar surface area (TPSA) is 80.6 Å². The first-order valence-electron chi connectivity index (χ1n) is 7.16. The monoisotopic (exact) mass is 290 g/mol. The van der Waals surface area contributed by atoms with Crippen LogP contribution in [0.4, 0.5) is 4.79 Å². The molecule has 112 valence electrons. The van der Waals surface area contributed by atoms with Gasteiger partial charge in [0, 0.05) is 11.3 Å². The second kappa shape index (κ2) is 5.63. The number of hydrogen-bond acceptors (Lipinski definition) is 4. The average molecular weight is 290 g/mol. The molecular formula is C15H18N2O4. The molecule has 1 atom stereocenters. The van der Waals surface area contributed by atoms with Gasteiger partial charge in [0.2, 0.25) is 0 Å². The Labute approximate surface area is 122 Å². The van der Waals surface area contributed by atoms with Gasteiger partial charge < -0.3 is 19.8 Å². The molecule has 0 bridgehead atoms. The Hall–Kier alpha value is -2.24. The highest BCUT2D eigenvalue weighted by Crippen LogP contribution is 2.30. The largest absolute Gasteiger partial charge is 0.472 e. The van der Waals surface area contributed by atoms with Crippen LogP contribution in [0.25, 0.3) is 0 Å². The van der Waals surface area contributed by atoms with Crippen molar-refractivity contribution in [2.24, 2.45) is 0 Å².